The molecule has 0 bridgehead atoms. The summed E-state index contributed by atoms with van der Waals surface area (Å²) in [6, 6.07) is 0. The quantitative estimate of drug-likeness (QED) is 0.673. The molecule has 0 aromatic rings. The zero-order valence-corrected chi connectivity index (χ0v) is 9.37. The monoisotopic (exact) mass is 212 g/mol. The highest BCUT2D eigenvalue weighted by Crippen LogP contribution is 2.21. The zero-order chi connectivity index (χ0) is 10.7. The fraction of sp³-hybridized carbons (Fsp3) is 0.909. The fourth-order valence-electron chi connectivity index (χ4n) is 2.46. The number of methoxy groups -OCH3 is 1. The largest absolute Gasteiger partial charge is 0.469 e. The van der Waals surface area contributed by atoms with Crippen molar-refractivity contribution in [3.05, 3.63) is 0 Å². The molecule has 2 fully saturated rings. The Morgan fingerprint density at radius 3 is 2.67 bits per heavy atom. The zero-order valence-electron chi connectivity index (χ0n) is 9.37. The number of nitrogens with one attached hydrogen (secondary N) is 1. The summed E-state index contributed by atoms with van der Waals surface area (Å²) in [5.41, 5.74) is 0. The summed E-state index contributed by atoms with van der Waals surface area (Å²) >= 11 is 0. The van der Waals surface area contributed by atoms with Gasteiger partial charge in [0.15, 0.2) is 0 Å². The lowest BCUT2D eigenvalue weighted by atomic mass is 9.93. The molecule has 2 saturated heterocycles. The molecule has 4 nitrogen and oxygen atoms in total. The number of hydrogen-bond donors (Lipinski definition) is 1. The van der Waals surface area contributed by atoms with Crippen LogP contribution in [0.1, 0.15) is 12.8 Å². The highest BCUT2D eigenvalue weighted by molar-refractivity contribution is 5.73. The molecule has 2 heterocycles. The second kappa shape index (κ2) is 4.94. The number of esters is 1. The summed E-state index contributed by atoms with van der Waals surface area (Å²) in [7, 11) is 1.47. The number of carbonyl (C=O) groups is 1. The smallest absolute Gasteiger partial charge is 0.311 e. The Kier molecular flexibility index (Phi) is 3.59. The maximum atomic E-state index is 11.2. The third kappa shape index (κ3) is 2.69. The van der Waals surface area contributed by atoms with E-state index in [0.29, 0.717) is 0 Å². The van der Waals surface area contributed by atoms with Gasteiger partial charge in [0, 0.05) is 19.6 Å². The molecule has 0 aliphatic carbocycles. The molecule has 2 rings (SSSR count). The van der Waals surface area contributed by atoms with E-state index in [2.05, 4.69) is 10.2 Å². The van der Waals surface area contributed by atoms with Gasteiger partial charge in [-0.25, -0.2) is 0 Å². The first-order chi connectivity index (χ1) is 7.29. The minimum absolute atomic E-state index is 0.0449. The maximum Gasteiger partial charge on any atom is 0.311 e. The maximum absolute atomic E-state index is 11.2. The lowest BCUT2D eigenvalue weighted by Gasteiger charge is -2.40. The molecule has 0 radical (unpaired) electrons. The van der Waals surface area contributed by atoms with Crippen molar-refractivity contribution in [2.24, 2.45) is 11.8 Å². The van der Waals surface area contributed by atoms with E-state index >= 15 is 0 Å². The summed E-state index contributed by atoms with van der Waals surface area (Å²) in [4.78, 5) is 13.5. The lowest BCUT2D eigenvalue weighted by Crippen LogP contribution is -2.52. The molecule has 15 heavy (non-hydrogen) atoms. The Morgan fingerprint density at radius 1 is 1.40 bits per heavy atom. The molecule has 86 valence electrons. The van der Waals surface area contributed by atoms with E-state index in [4.69, 9.17) is 4.74 Å². The van der Waals surface area contributed by atoms with Crippen LogP contribution in [0.5, 0.6) is 0 Å². The number of nitrogens with zero attached hydrogens (tertiary/aromatic N) is 1. The Hall–Kier alpha value is -0.610. The van der Waals surface area contributed by atoms with Gasteiger partial charge >= 0.3 is 5.97 Å². The summed E-state index contributed by atoms with van der Waals surface area (Å²) in [5.74, 6) is 0.915. The second-order valence-corrected chi connectivity index (χ2v) is 4.63. The SMILES string of the molecule is COC(=O)C1CN(CC2CCNCC2)C1. The lowest BCUT2D eigenvalue weighted by molar-refractivity contribution is -0.151. The van der Waals surface area contributed by atoms with E-state index < -0.39 is 0 Å². The van der Waals surface area contributed by atoms with E-state index in [1.807, 2.05) is 0 Å². The first-order valence-corrected chi connectivity index (χ1v) is 5.80. The Bertz CT molecular complexity index is 221. The predicted octanol–water partition coefficient (Wildman–Crippen LogP) is 0.0908. The van der Waals surface area contributed by atoms with Crippen molar-refractivity contribution in [1.82, 2.24) is 10.2 Å². The van der Waals surface area contributed by atoms with Crippen LogP contribution in [0.15, 0.2) is 0 Å². The highest BCUT2D eigenvalue weighted by atomic mass is 16.5. The number of piperidine rings is 1. The van der Waals surface area contributed by atoms with Crippen LogP contribution in [0.4, 0.5) is 0 Å². The summed E-state index contributed by atoms with van der Waals surface area (Å²) in [5, 5.41) is 3.37. The fourth-order valence-corrected chi connectivity index (χ4v) is 2.46. The molecule has 1 N–H and O–H groups in total. The first kappa shape index (κ1) is 10.9. The van der Waals surface area contributed by atoms with Gasteiger partial charge in [0.25, 0.3) is 0 Å². The predicted molar refractivity (Wildman–Crippen MR) is 57.5 cm³/mol. The Morgan fingerprint density at radius 2 is 2.07 bits per heavy atom. The van der Waals surface area contributed by atoms with Crippen LogP contribution in [-0.4, -0.2) is 50.7 Å². The minimum Gasteiger partial charge on any atom is -0.469 e. The molecule has 0 unspecified atom stereocenters. The van der Waals surface area contributed by atoms with Crippen molar-refractivity contribution >= 4 is 5.97 Å². The molecule has 2 aliphatic heterocycles. The number of hydrogen-bond acceptors (Lipinski definition) is 4. The number of ether oxygens (including phenoxy) is 1. The second-order valence-electron chi connectivity index (χ2n) is 4.63. The third-order valence-electron chi connectivity index (χ3n) is 3.47. The normalized spacial score (nSPS) is 24.9. The molecule has 0 spiro atoms. The van der Waals surface area contributed by atoms with E-state index in [1.165, 1.54) is 20.0 Å². The molecule has 0 saturated carbocycles. The van der Waals surface area contributed by atoms with Gasteiger partial charge < -0.3 is 15.0 Å². The molecular formula is C11H20N2O2. The Labute approximate surface area is 91.0 Å². The van der Waals surface area contributed by atoms with E-state index in [0.717, 1.165) is 38.6 Å². The van der Waals surface area contributed by atoms with Crippen LogP contribution >= 0.6 is 0 Å². The molecular weight excluding hydrogens is 192 g/mol. The van der Waals surface area contributed by atoms with Gasteiger partial charge in [0.2, 0.25) is 0 Å². The van der Waals surface area contributed by atoms with Gasteiger partial charge in [-0.1, -0.05) is 0 Å². The van der Waals surface area contributed by atoms with Gasteiger partial charge in [-0.05, 0) is 31.8 Å². The summed E-state index contributed by atoms with van der Waals surface area (Å²) in [6.07, 6.45) is 2.55. The van der Waals surface area contributed by atoms with Gasteiger partial charge in [-0.15, -0.1) is 0 Å². The third-order valence-corrected chi connectivity index (χ3v) is 3.47. The Balaban J connectivity index is 1.64. The van der Waals surface area contributed by atoms with Crippen LogP contribution in [0, 0.1) is 11.8 Å². The number of likely N-dealkylation sites (tertiary alicyclic amines) is 1. The summed E-state index contributed by atoms with van der Waals surface area (Å²) in [6.45, 7) is 5.26. The average molecular weight is 212 g/mol. The van der Waals surface area contributed by atoms with Gasteiger partial charge in [0.1, 0.15) is 0 Å². The van der Waals surface area contributed by atoms with E-state index in [1.54, 1.807) is 0 Å². The van der Waals surface area contributed by atoms with E-state index in [-0.39, 0.29) is 11.9 Å². The van der Waals surface area contributed by atoms with Gasteiger partial charge in [-0.2, -0.15) is 0 Å². The van der Waals surface area contributed by atoms with E-state index in [9.17, 15) is 4.79 Å². The van der Waals surface area contributed by atoms with Gasteiger partial charge in [-0.3, -0.25) is 4.79 Å². The topological polar surface area (TPSA) is 41.6 Å². The molecule has 4 heteroatoms. The van der Waals surface area contributed by atoms with Crippen LogP contribution in [-0.2, 0) is 9.53 Å². The average Bonchev–Trinajstić information content (AvgIpc) is 2.23. The van der Waals surface area contributed by atoms with Crippen molar-refractivity contribution in [1.29, 1.82) is 0 Å². The molecule has 0 atom stereocenters. The molecule has 0 aromatic heterocycles. The minimum atomic E-state index is -0.0449. The number of carbonyl (C=O) groups excluding carboxylic acids is 1. The summed E-state index contributed by atoms with van der Waals surface area (Å²) < 4.78 is 4.72. The molecule has 0 amide bonds. The van der Waals surface area contributed by atoms with Crippen LogP contribution in [0.2, 0.25) is 0 Å². The number of rotatable bonds is 3. The van der Waals surface area contributed by atoms with Crippen molar-refractivity contribution in [2.75, 3.05) is 39.8 Å². The highest BCUT2D eigenvalue weighted by Gasteiger charge is 2.34. The molecule has 2 aliphatic rings. The first-order valence-electron chi connectivity index (χ1n) is 5.80. The van der Waals surface area contributed by atoms with Gasteiger partial charge in [0.05, 0.1) is 13.0 Å². The molecule has 0 aromatic carbocycles. The van der Waals surface area contributed by atoms with Crippen LogP contribution in [0.3, 0.4) is 0 Å². The van der Waals surface area contributed by atoms with Crippen molar-refractivity contribution in [2.45, 2.75) is 12.8 Å². The van der Waals surface area contributed by atoms with Crippen molar-refractivity contribution in [3.8, 4) is 0 Å². The van der Waals surface area contributed by atoms with Crippen molar-refractivity contribution < 1.29 is 9.53 Å². The van der Waals surface area contributed by atoms with Crippen molar-refractivity contribution in [3.63, 3.8) is 0 Å². The standard InChI is InChI=1S/C11H20N2O2/c1-15-11(14)10-7-13(8-10)6-9-2-4-12-5-3-9/h9-10,12H,2-8H2,1H3. The van der Waals surface area contributed by atoms with Crippen LogP contribution < -0.4 is 5.32 Å². The van der Waals surface area contributed by atoms with Crippen LogP contribution in [0.25, 0.3) is 0 Å².